The van der Waals surface area contributed by atoms with Gasteiger partial charge in [0.15, 0.2) is 0 Å². The summed E-state index contributed by atoms with van der Waals surface area (Å²) in [5, 5.41) is 2.76. The zero-order valence-electron chi connectivity index (χ0n) is 11.1. The van der Waals surface area contributed by atoms with Crippen LogP contribution in [0.25, 0.3) is 10.8 Å². The SMILES string of the molecule is Cc1ccccc1C(Cl)c1ccc(Cl)c2ccccc12. The van der Waals surface area contributed by atoms with Gasteiger partial charge in [-0.3, -0.25) is 0 Å². The van der Waals surface area contributed by atoms with Crippen molar-refractivity contribution >= 4 is 34.0 Å². The fraction of sp³-hybridized carbons (Fsp3) is 0.111. The second-order valence-electron chi connectivity index (χ2n) is 4.90. The molecule has 0 saturated carbocycles. The molecule has 0 aliphatic rings. The van der Waals surface area contributed by atoms with Crippen LogP contribution >= 0.6 is 23.2 Å². The van der Waals surface area contributed by atoms with Crippen LogP contribution in [0.1, 0.15) is 22.1 Å². The molecule has 0 aliphatic heterocycles. The van der Waals surface area contributed by atoms with Crippen molar-refractivity contribution in [3.63, 3.8) is 0 Å². The lowest BCUT2D eigenvalue weighted by atomic mass is 9.95. The van der Waals surface area contributed by atoms with Crippen molar-refractivity contribution in [1.82, 2.24) is 0 Å². The Labute approximate surface area is 129 Å². The van der Waals surface area contributed by atoms with E-state index in [1.54, 1.807) is 0 Å². The van der Waals surface area contributed by atoms with Crippen molar-refractivity contribution in [2.24, 2.45) is 0 Å². The zero-order valence-corrected chi connectivity index (χ0v) is 12.6. The molecule has 0 N–H and O–H groups in total. The molecule has 0 nitrogen and oxygen atoms in total. The predicted octanol–water partition coefficient (Wildman–Crippen LogP) is 6.13. The Hall–Kier alpha value is -1.50. The largest absolute Gasteiger partial charge is 0.113 e. The predicted molar refractivity (Wildman–Crippen MR) is 87.8 cm³/mol. The van der Waals surface area contributed by atoms with Gasteiger partial charge in [0.1, 0.15) is 0 Å². The van der Waals surface area contributed by atoms with E-state index in [2.05, 4.69) is 25.1 Å². The fourth-order valence-electron chi connectivity index (χ4n) is 2.55. The highest BCUT2D eigenvalue weighted by Crippen LogP contribution is 2.37. The summed E-state index contributed by atoms with van der Waals surface area (Å²) in [5.41, 5.74) is 3.44. The molecule has 0 aromatic heterocycles. The number of hydrogen-bond acceptors (Lipinski definition) is 0. The van der Waals surface area contributed by atoms with Crippen LogP contribution in [0.5, 0.6) is 0 Å². The summed E-state index contributed by atoms with van der Waals surface area (Å²) in [6.07, 6.45) is 0. The van der Waals surface area contributed by atoms with Gasteiger partial charge in [0.25, 0.3) is 0 Å². The third-order valence-corrected chi connectivity index (χ3v) is 4.44. The van der Waals surface area contributed by atoms with Gasteiger partial charge in [-0.2, -0.15) is 0 Å². The van der Waals surface area contributed by atoms with Crippen LogP contribution in [0.15, 0.2) is 60.7 Å². The second-order valence-corrected chi connectivity index (χ2v) is 5.74. The van der Waals surface area contributed by atoms with Gasteiger partial charge in [-0.25, -0.2) is 0 Å². The number of aryl methyl sites for hydroxylation is 1. The Kier molecular flexibility index (Phi) is 3.69. The Morgan fingerprint density at radius 1 is 0.750 bits per heavy atom. The topological polar surface area (TPSA) is 0 Å². The molecule has 3 rings (SSSR count). The van der Waals surface area contributed by atoms with Gasteiger partial charge < -0.3 is 0 Å². The molecular formula is C18H14Cl2. The van der Waals surface area contributed by atoms with Crippen molar-refractivity contribution in [1.29, 1.82) is 0 Å². The van der Waals surface area contributed by atoms with Gasteiger partial charge in [-0.05, 0) is 35.1 Å². The maximum absolute atomic E-state index is 6.73. The van der Waals surface area contributed by atoms with E-state index in [9.17, 15) is 0 Å². The highest BCUT2D eigenvalue weighted by Gasteiger charge is 2.16. The van der Waals surface area contributed by atoms with Gasteiger partial charge in [0, 0.05) is 10.4 Å². The Morgan fingerprint density at radius 3 is 2.15 bits per heavy atom. The first-order chi connectivity index (χ1) is 9.68. The third kappa shape index (κ3) is 2.30. The smallest absolute Gasteiger partial charge is 0.0844 e. The van der Waals surface area contributed by atoms with E-state index in [0.717, 1.165) is 26.9 Å². The number of rotatable bonds is 2. The average molecular weight is 301 g/mol. The van der Waals surface area contributed by atoms with Gasteiger partial charge in [0.2, 0.25) is 0 Å². The minimum Gasteiger partial charge on any atom is -0.113 e. The van der Waals surface area contributed by atoms with Crippen LogP contribution < -0.4 is 0 Å². The molecule has 0 bridgehead atoms. The number of hydrogen-bond donors (Lipinski definition) is 0. The number of alkyl halides is 1. The maximum Gasteiger partial charge on any atom is 0.0844 e. The Balaban J connectivity index is 2.20. The lowest BCUT2D eigenvalue weighted by molar-refractivity contribution is 1.13. The number of fused-ring (bicyclic) bond motifs is 1. The molecule has 0 heterocycles. The summed E-state index contributed by atoms with van der Waals surface area (Å²) in [7, 11) is 0. The molecule has 0 spiro atoms. The maximum atomic E-state index is 6.73. The third-order valence-electron chi connectivity index (χ3n) is 3.64. The van der Waals surface area contributed by atoms with Gasteiger partial charge in [0.05, 0.1) is 5.38 Å². The van der Waals surface area contributed by atoms with Crippen molar-refractivity contribution in [3.05, 3.63) is 82.4 Å². The summed E-state index contributed by atoms with van der Waals surface area (Å²) in [6.45, 7) is 2.09. The fourth-order valence-corrected chi connectivity index (χ4v) is 3.21. The average Bonchev–Trinajstić information content (AvgIpc) is 2.48. The number of benzene rings is 3. The normalized spacial score (nSPS) is 12.6. The van der Waals surface area contributed by atoms with E-state index in [4.69, 9.17) is 23.2 Å². The quantitative estimate of drug-likeness (QED) is 0.499. The van der Waals surface area contributed by atoms with Crippen LogP contribution in [0.2, 0.25) is 5.02 Å². The molecule has 2 heteroatoms. The summed E-state index contributed by atoms with van der Waals surface area (Å²) < 4.78 is 0. The van der Waals surface area contributed by atoms with Crippen molar-refractivity contribution in [2.75, 3.05) is 0 Å². The summed E-state index contributed by atoms with van der Waals surface area (Å²) >= 11 is 13.0. The van der Waals surface area contributed by atoms with Crippen LogP contribution in [-0.4, -0.2) is 0 Å². The molecule has 0 saturated heterocycles. The van der Waals surface area contributed by atoms with Crippen LogP contribution in [-0.2, 0) is 0 Å². The molecule has 100 valence electrons. The minimum atomic E-state index is -0.168. The van der Waals surface area contributed by atoms with Crippen LogP contribution in [0.4, 0.5) is 0 Å². The molecule has 3 aromatic carbocycles. The second kappa shape index (κ2) is 5.47. The highest BCUT2D eigenvalue weighted by atomic mass is 35.5. The lowest BCUT2D eigenvalue weighted by Gasteiger charge is -2.16. The molecular weight excluding hydrogens is 287 g/mol. The lowest BCUT2D eigenvalue weighted by Crippen LogP contribution is -1.97. The molecule has 3 aromatic rings. The first kappa shape index (κ1) is 13.5. The first-order valence-electron chi connectivity index (χ1n) is 6.55. The molecule has 1 unspecified atom stereocenters. The zero-order chi connectivity index (χ0) is 14.1. The monoisotopic (exact) mass is 300 g/mol. The summed E-state index contributed by atoms with van der Waals surface area (Å²) in [6, 6.07) is 20.3. The minimum absolute atomic E-state index is 0.168. The van der Waals surface area contributed by atoms with Crippen molar-refractivity contribution in [3.8, 4) is 0 Å². The Morgan fingerprint density at radius 2 is 1.40 bits per heavy atom. The Bertz CT molecular complexity index is 762. The highest BCUT2D eigenvalue weighted by molar-refractivity contribution is 6.36. The van der Waals surface area contributed by atoms with E-state index in [1.807, 2.05) is 42.5 Å². The molecule has 1 atom stereocenters. The van der Waals surface area contributed by atoms with Crippen molar-refractivity contribution < 1.29 is 0 Å². The molecule has 0 fully saturated rings. The summed E-state index contributed by atoms with van der Waals surface area (Å²) in [4.78, 5) is 0. The molecule has 20 heavy (non-hydrogen) atoms. The molecule has 0 radical (unpaired) electrons. The van der Waals surface area contributed by atoms with E-state index in [-0.39, 0.29) is 5.38 Å². The van der Waals surface area contributed by atoms with Crippen LogP contribution in [0.3, 0.4) is 0 Å². The number of halogens is 2. The van der Waals surface area contributed by atoms with E-state index in [0.29, 0.717) is 0 Å². The standard InChI is InChI=1S/C18H14Cl2/c1-12-6-2-3-7-13(12)18(20)16-10-11-17(19)15-9-5-4-8-14(15)16/h2-11,18H,1H3. The van der Waals surface area contributed by atoms with Crippen molar-refractivity contribution in [2.45, 2.75) is 12.3 Å². The van der Waals surface area contributed by atoms with Crippen LogP contribution in [0, 0.1) is 6.92 Å². The van der Waals surface area contributed by atoms with Gasteiger partial charge in [-0.15, -0.1) is 11.6 Å². The van der Waals surface area contributed by atoms with E-state index in [1.165, 1.54) is 5.56 Å². The van der Waals surface area contributed by atoms with Gasteiger partial charge in [-0.1, -0.05) is 66.2 Å². The first-order valence-corrected chi connectivity index (χ1v) is 7.36. The molecule has 0 aliphatic carbocycles. The van der Waals surface area contributed by atoms with E-state index >= 15 is 0 Å². The van der Waals surface area contributed by atoms with Gasteiger partial charge >= 0.3 is 0 Å². The molecule has 0 amide bonds. The summed E-state index contributed by atoms with van der Waals surface area (Å²) in [5.74, 6) is 0. The van der Waals surface area contributed by atoms with E-state index < -0.39 is 0 Å².